The second-order valence-electron chi connectivity index (χ2n) is 2.90. The molecule has 0 atom stereocenters. The average molecular weight is 194 g/mol. The molecule has 0 rings (SSSR count). The maximum atomic E-state index is 4.06. The molecule has 2 heteroatoms. The van der Waals surface area contributed by atoms with Crippen molar-refractivity contribution in [2.45, 2.75) is 33.6 Å². The molecule has 0 aromatic carbocycles. The molecule has 0 radical (unpaired) electrons. The topological polar surface area (TPSA) is 0 Å². The minimum Gasteiger partial charge on any atom is -0.179 e. The molecule has 0 spiro atoms. The van der Waals surface area contributed by atoms with E-state index in [1.54, 1.807) is 0 Å². The van der Waals surface area contributed by atoms with Gasteiger partial charge in [0, 0.05) is 0 Å². The summed E-state index contributed by atoms with van der Waals surface area (Å²) in [6.45, 7) is 6.60. The summed E-state index contributed by atoms with van der Waals surface area (Å²) in [6, 6.07) is 0. The van der Waals surface area contributed by atoms with E-state index in [-0.39, 0.29) is 0 Å². The van der Waals surface area contributed by atoms with Gasteiger partial charge < -0.3 is 0 Å². The highest BCUT2D eigenvalue weighted by Gasteiger charge is 1.86. The van der Waals surface area contributed by atoms with Crippen molar-refractivity contribution in [3.05, 3.63) is 0 Å². The second-order valence-corrected chi connectivity index (χ2v) is 4.33. The van der Waals surface area contributed by atoms with Crippen molar-refractivity contribution in [3.63, 3.8) is 0 Å². The summed E-state index contributed by atoms with van der Waals surface area (Å²) in [5.41, 5.74) is 0. The van der Waals surface area contributed by atoms with E-state index in [9.17, 15) is 0 Å². The summed E-state index contributed by atoms with van der Waals surface area (Å²) in [5, 5.41) is 0. The zero-order chi connectivity index (χ0) is 9.11. The smallest absolute Gasteiger partial charge is 0.00729 e. The second kappa shape index (κ2) is 13.3. The Morgan fingerprint density at radius 3 is 1.91 bits per heavy atom. The molecule has 0 bridgehead atoms. The van der Waals surface area contributed by atoms with Gasteiger partial charge in [0.05, 0.1) is 0 Å². The minimum absolute atomic E-state index is 0.822. The third-order valence-electron chi connectivity index (χ3n) is 1.11. The lowest BCUT2D eigenvalue weighted by atomic mass is 10.2. The Morgan fingerprint density at radius 2 is 1.91 bits per heavy atom. The first-order valence-corrected chi connectivity index (χ1v) is 6.31. The Labute approximate surface area is 81.9 Å². The molecule has 0 saturated heterocycles. The number of hydrogen-bond donors (Lipinski definition) is 1. The zero-order valence-corrected chi connectivity index (χ0v) is 9.97. The predicted molar refractivity (Wildman–Crippen MR) is 62.0 cm³/mol. The molecule has 70 valence electrons. The number of hydrogen-bond acceptors (Lipinski definition) is 2. The number of rotatable bonds is 4. The molecule has 0 N–H and O–H groups in total. The van der Waals surface area contributed by atoms with Crippen LogP contribution >= 0.6 is 24.4 Å². The fourth-order valence-corrected chi connectivity index (χ4v) is 1.39. The first-order chi connectivity index (χ1) is 5.18. The fourth-order valence-electron chi connectivity index (χ4n) is 0.462. The molecule has 0 aromatic heterocycles. The zero-order valence-electron chi connectivity index (χ0n) is 8.26. The van der Waals surface area contributed by atoms with Crippen LogP contribution in [0, 0.1) is 5.92 Å². The minimum atomic E-state index is 0.822. The molecular weight excluding hydrogens is 172 g/mol. The molecule has 0 aliphatic heterocycles. The van der Waals surface area contributed by atoms with Gasteiger partial charge in [-0.3, -0.25) is 0 Å². The van der Waals surface area contributed by atoms with Crippen molar-refractivity contribution < 1.29 is 0 Å². The first kappa shape index (κ1) is 14.2. The summed E-state index contributed by atoms with van der Waals surface area (Å²) < 4.78 is 0. The Kier molecular flexibility index (Phi) is 17.2. The molecule has 0 aliphatic rings. The lowest BCUT2D eigenvalue weighted by molar-refractivity contribution is 0.633. The van der Waals surface area contributed by atoms with Crippen LogP contribution in [0.15, 0.2) is 0 Å². The van der Waals surface area contributed by atoms with E-state index in [0.717, 1.165) is 11.7 Å². The van der Waals surface area contributed by atoms with Gasteiger partial charge >= 0.3 is 0 Å². The third kappa shape index (κ3) is 24.9. The Hall–Kier alpha value is 0.700. The van der Waals surface area contributed by atoms with Gasteiger partial charge in [0.1, 0.15) is 0 Å². The highest BCUT2D eigenvalue weighted by molar-refractivity contribution is 7.98. The number of thiol groups is 1. The third-order valence-corrected chi connectivity index (χ3v) is 2.19. The maximum absolute atomic E-state index is 4.06. The van der Waals surface area contributed by atoms with Crippen LogP contribution in [0.2, 0.25) is 0 Å². The monoisotopic (exact) mass is 194 g/mol. The van der Waals surface area contributed by atoms with Gasteiger partial charge in [-0.05, 0) is 36.5 Å². The van der Waals surface area contributed by atoms with Gasteiger partial charge in [-0.15, -0.1) is 0 Å². The predicted octanol–water partition coefficient (Wildman–Crippen LogP) is 3.72. The summed E-state index contributed by atoms with van der Waals surface area (Å²) >= 11 is 5.96. The van der Waals surface area contributed by atoms with Crippen molar-refractivity contribution in [2.75, 3.05) is 17.8 Å². The van der Waals surface area contributed by atoms with Crippen LogP contribution in [-0.4, -0.2) is 17.8 Å². The van der Waals surface area contributed by atoms with Crippen LogP contribution in [0.3, 0.4) is 0 Å². The molecule has 0 aromatic rings. The summed E-state index contributed by atoms with van der Waals surface area (Å²) in [7, 11) is 0. The molecule has 0 saturated carbocycles. The highest BCUT2D eigenvalue weighted by atomic mass is 32.2. The lowest BCUT2D eigenvalue weighted by Crippen LogP contribution is -1.85. The normalized spacial score (nSPS) is 9.27. The SMILES string of the molecule is CC(C)CCS.CCCSC. The van der Waals surface area contributed by atoms with Gasteiger partial charge in [0.25, 0.3) is 0 Å². The van der Waals surface area contributed by atoms with E-state index >= 15 is 0 Å². The standard InChI is InChI=1S/C5H12S.C4H10S/c1-5(2)3-4-6;1-3-4-5-2/h5-6H,3-4H2,1-2H3;3-4H2,1-2H3. The molecule has 0 nitrogen and oxygen atoms in total. The van der Waals surface area contributed by atoms with Gasteiger partial charge in [0.15, 0.2) is 0 Å². The fraction of sp³-hybridized carbons (Fsp3) is 1.00. The molecule has 0 aliphatic carbocycles. The Balaban J connectivity index is 0. The van der Waals surface area contributed by atoms with Crippen molar-refractivity contribution >= 4 is 24.4 Å². The Bertz CT molecular complexity index is 51.5. The molecule has 0 fully saturated rings. The van der Waals surface area contributed by atoms with Gasteiger partial charge in [0.2, 0.25) is 0 Å². The summed E-state index contributed by atoms with van der Waals surface area (Å²) in [5.74, 6) is 3.15. The molecule has 0 heterocycles. The van der Waals surface area contributed by atoms with Crippen molar-refractivity contribution in [2.24, 2.45) is 5.92 Å². The van der Waals surface area contributed by atoms with E-state index < -0.39 is 0 Å². The highest BCUT2D eigenvalue weighted by Crippen LogP contribution is 1.98. The largest absolute Gasteiger partial charge is 0.179 e. The van der Waals surface area contributed by atoms with Crippen LogP contribution in [-0.2, 0) is 0 Å². The molecule has 11 heavy (non-hydrogen) atoms. The van der Waals surface area contributed by atoms with Gasteiger partial charge in [-0.2, -0.15) is 24.4 Å². The van der Waals surface area contributed by atoms with E-state index in [2.05, 4.69) is 39.7 Å². The van der Waals surface area contributed by atoms with Crippen molar-refractivity contribution in [3.8, 4) is 0 Å². The van der Waals surface area contributed by atoms with Crippen LogP contribution in [0.5, 0.6) is 0 Å². The Morgan fingerprint density at radius 1 is 1.36 bits per heavy atom. The molecule has 0 unspecified atom stereocenters. The van der Waals surface area contributed by atoms with Crippen LogP contribution in [0.4, 0.5) is 0 Å². The van der Waals surface area contributed by atoms with E-state index in [4.69, 9.17) is 0 Å². The molecule has 0 amide bonds. The van der Waals surface area contributed by atoms with E-state index in [1.807, 2.05) is 11.8 Å². The van der Waals surface area contributed by atoms with E-state index in [1.165, 1.54) is 18.6 Å². The van der Waals surface area contributed by atoms with Gasteiger partial charge in [-0.25, -0.2) is 0 Å². The maximum Gasteiger partial charge on any atom is -0.00729 e. The van der Waals surface area contributed by atoms with Crippen molar-refractivity contribution in [1.82, 2.24) is 0 Å². The average Bonchev–Trinajstić information content (AvgIpc) is 1.90. The summed E-state index contributed by atoms with van der Waals surface area (Å²) in [4.78, 5) is 0. The van der Waals surface area contributed by atoms with Crippen LogP contribution in [0.1, 0.15) is 33.6 Å². The van der Waals surface area contributed by atoms with Crippen LogP contribution in [0.25, 0.3) is 0 Å². The van der Waals surface area contributed by atoms with Crippen molar-refractivity contribution in [1.29, 1.82) is 0 Å². The quantitative estimate of drug-likeness (QED) is 0.666. The van der Waals surface area contributed by atoms with Crippen LogP contribution < -0.4 is 0 Å². The first-order valence-electron chi connectivity index (χ1n) is 4.28. The lowest BCUT2D eigenvalue weighted by Gasteiger charge is -1.95. The van der Waals surface area contributed by atoms with Gasteiger partial charge in [-0.1, -0.05) is 20.8 Å². The molecular formula is C9H22S2. The number of thioether (sulfide) groups is 1. The van der Waals surface area contributed by atoms with E-state index in [0.29, 0.717) is 0 Å². The summed E-state index contributed by atoms with van der Waals surface area (Å²) in [6.07, 6.45) is 4.67.